The van der Waals surface area contributed by atoms with Gasteiger partial charge in [-0.05, 0) is 11.1 Å². The van der Waals surface area contributed by atoms with E-state index in [0.717, 1.165) is 11.1 Å². The molecule has 0 spiro atoms. The first-order valence-corrected chi connectivity index (χ1v) is 5.73. The van der Waals surface area contributed by atoms with Crippen LogP contribution in [0.5, 0.6) is 0 Å². The number of hydrogen-bond donors (Lipinski definition) is 2. The largest absolute Gasteiger partial charge is 0.388 e. The van der Waals surface area contributed by atoms with Crippen molar-refractivity contribution in [3.05, 3.63) is 71.8 Å². The zero-order chi connectivity index (χ0) is 12.1. The topological polar surface area (TPSA) is 40.5 Å². The van der Waals surface area contributed by atoms with E-state index in [4.69, 9.17) is 0 Å². The summed E-state index contributed by atoms with van der Waals surface area (Å²) in [6.45, 7) is 0. The summed E-state index contributed by atoms with van der Waals surface area (Å²) >= 11 is 0. The SMILES string of the molecule is OC(C[C@@H](O)c1ccccc1)c1ccccc1. The maximum absolute atomic E-state index is 9.99. The van der Waals surface area contributed by atoms with Crippen LogP contribution in [-0.4, -0.2) is 10.2 Å². The minimum Gasteiger partial charge on any atom is -0.388 e. The third-order valence-corrected chi connectivity index (χ3v) is 2.82. The van der Waals surface area contributed by atoms with Gasteiger partial charge in [0.25, 0.3) is 0 Å². The van der Waals surface area contributed by atoms with Crippen molar-refractivity contribution >= 4 is 0 Å². The van der Waals surface area contributed by atoms with Gasteiger partial charge in [0.1, 0.15) is 0 Å². The van der Waals surface area contributed by atoms with Crippen molar-refractivity contribution in [3.8, 4) is 0 Å². The van der Waals surface area contributed by atoms with Gasteiger partial charge in [0.2, 0.25) is 0 Å². The summed E-state index contributed by atoms with van der Waals surface area (Å²) in [6, 6.07) is 18.8. The molecule has 88 valence electrons. The van der Waals surface area contributed by atoms with E-state index in [-0.39, 0.29) is 0 Å². The lowest BCUT2D eigenvalue weighted by Crippen LogP contribution is -2.05. The lowest BCUT2D eigenvalue weighted by Gasteiger charge is -2.16. The molecule has 0 amide bonds. The highest BCUT2D eigenvalue weighted by Crippen LogP contribution is 2.25. The maximum Gasteiger partial charge on any atom is 0.0818 e. The first kappa shape index (κ1) is 11.8. The third kappa shape index (κ3) is 3.16. The van der Waals surface area contributed by atoms with E-state index in [1.54, 1.807) is 0 Å². The van der Waals surface area contributed by atoms with Crippen molar-refractivity contribution in [1.29, 1.82) is 0 Å². The van der Waals surface area contributed by atoms with Crippen LogP contribution in [0.2, 0.25) is 0 Å². The molecule has 2 aromatic rings. The minimum atomic E-state index is -0.633. The zero-order valence-corrected chi connectivity index (χ0v) is 9.53. The fourth-order valence-electron chi connectivity index (χ4n) is 1.83. The molecule has 0 aliphatic heterocycles. The Morgan fingerprint density at radius 1 is 0.647 bits per heavy atom. The number of rotatable bonds is 4. The number of hydrogen-bond acceptors (Lipinski definition) is 2. The van der Waals surface area contributed by atoms with Crippen molar-refractivity contribution < 1.29 is 10.2 Å². The molecule has 2 heteroatoms. The van der Waals surface area contributed by atoms with Gasteiger partial charge >= 0.3 is 0 Å². The number of aliphatic hydroxyl groups is 2. The van der Waals surface area contributed by atoms with Crippen LogP contribution in [0.1, 0.15) is 29.8 Å². The van der Waals surface area contributed by atoms with Gasteiger partial charge in [-0.3, -0.25) is 0 Å². The molecule has 2 nitrogen and oxygen atoms in total. The molecule has 2 atom stereocenters. The summed E-state index contributed by atoms with van der Waals surface area (Å²) in [5.74, 6) is 0. The number of benzene rings is 2. The van der Waals surface area contributed by atoms with E-state index in [0.29, 0.717) is 6.42 Å². The lowest BCUT2D eigenvalue weighted by atomic mass is 9.99. The molecule has 1 unspecified atom stereocenters. The maximum atomic E-state index is 9.99. The van der Waals surface area contributed by atoms with Crippen LogP contribution < -0.4 is 0 Å². The molecule has 2 rings (SSSR count). The molecule has 17 heavy (non-hydrogen) atoms. The Bertz CT molecular complexity index is 395. The normalized spacial score (nSPS) is 14.2. The first-order valence-electron chi connectivity index (χ1n) is 5.73. The van der Waals surface area contributed by atoms with Gasteiger partial charge in [0, 0.05) is 6.42 Å². The molecule has 0 saturated heterocycles. The fourth-order valence-corrected chi connectivity index (χ4v) is 1.83. The monoisotopic (exact) mass is 228 g/mol. The summed E-state index contributed by atoms with van der Waals surface area (Å²) in [4.78, 5) is 0. The quantitative estimate of drug-likeness (QED) is 0.844. The third-order valence-electron chi connectivity index (χ3n) is 2.82. The Kier molecular flexibility index (Phi) is 3.91. The van der Waals surface area contributed by atoms with E-state index in [1.165, 1.54) is 0 Å². The standard InChI is InChI=1S/C15H16O2/c16-14(12-7-3-1-4-8-12)11-15(17)13-9-5-2-6-10-13/h1-10,14-17H,11H2/t14-,15?/m1/s1. The lowest BCUT2D eigenvalue weighted by molar-refractivity contribution is 0.0804. The first-order chi connectivity index (χ1) is 8.27. The van der Waals surface area contributed by atoms with Gasteiger partial charge in [-0.15, -0.1) is 0 Å². The van der Waals surface area contributed by atoms with Crippen molar-refractivity contribution in [2.24, 2.45) is 0 Å². The molecule has 0 bridgehead atoms. The van der Waals surface area contributed by atoms with E-state index < -0.39 is 12.2 Å². The van der Waals surface area contributed by atoms with Crippen molar-refractivity contribution in [3.63, 3.8) is 0 Å². The van der Waals surface area contributed by atoms with Gasteiger partial charge in [0.05, 0.1) is 12.2 Å². The van der Waals surface area contributed by atoms with E-state index in [9.17, 15) is 10.2 Å². The molecule has 0 aromatic heterocycles. The molecule has 0 heterocycles. The highest BCUT2D eigenvalue weighted by atomic mass is 16.3. The Balaban J connectivity index is 2.02. The second-order valence-corrected chi connectivity index (χ2v) is 4.09. The van der Waals surface area contributed by atoms with E-state index in [1.807, 2.05) is 60.7 Å². The summed E-state index contributed by atoms with van der Waals surface area (Å²) in [7, 11) is 0. The molecule has 0 fully saturated rings. The van der Waals surface area contributed by atoms with Crippen molar-refractivity contribution in [2.75, 3.05) is 0 Å². The van der Waals surface area contributed by atoms with Gasteiger partial charge in [-0.25, -0.2) is 0 Å². The van der Waals surface area contributed by atoms with Crippen LogP contribution in [0, 0.1) is 0 Å². The molecular formula is C15H16O2. The van der Waals surface area contributed by atoms with E-state index in [2.05, 4.69) is 0 Å². The molecule has 0 aliphatic carbocycles. The van der Waals surface area contributed by atoms with Crippen LogP contribution in [0.3, 0.4) is 0 Å². The Morgan fingerprint density at radius 2 is 1.00 bits per heavy atom. The molecule has 0 saturated carbocycles. The van der Waals surface area contributed by atoms with Gasteiger partial charge in [0.15, 0.2) is 0 Å². The molecule has 2 N–H and O–H groups in total. The average Bonchev–Trinajstić information content (AvgIpc) is 2.40. The Morgan fingerprint density at radius 3 is 1.35 bits per heavy atom. The van der Waals surface area contributed by atoms with Gasteiger partial charge in [-0.1, -0.05) is 60.7 Å². The number of aliphatic hydroxyl groups excluding tert-OH is 2. The molecule has 0 radical (unpaired) electrons. The molecular weight excluding hydrogens is 212 g/mol. The molecule has 0 aliphatic rings. The van der Waals surface area contributed by atoms with E-state index >= 15 is 0 Å². The summed E-state index contributed by atoms with van der Waals surface area (Å²) in [6.07, 6.45) is -0.952. The Labute approximate surface area is 101 Å². The second kappa shape index (κ2) is 5.62. The zero-order valence-electron chi connectivity index (χ0n) is 9.53. The summed E-state index contributed by atoms with van der Waals surface area (Å²) in [5.41, 5.74) is 1.67. The van der Waals surface area contributed by atoms with Crippen LogP contribution >= 0.6 is 0 Å². The summed E-state index contributed by atoms with van der Waals surface area (Å²) in [5, 5.41) is 20.0. The smallest absolute Gasteiger partial charge is 0.0818 e. The van der Waals surface area contributed by atoms with Gasteiger partial charge < -0.3 is 10.2 Å². The Hall–Kier alpha value is -1.64. The molecule has 2 aromatic carbocycles. The summed E-state index contributed by atoms with van der Waals surface area (Å²) < 4.78 is 0. The van der Waals surface area contributed by atoms with Gasteiger partial charge in [-0.2, -0.15) is 0 Å². The van der Waals surface area contributed by atoms with Crippen LogP contribution in [0.15, 0.2) is 60.7 Å². The predicted octanol–water partition coefficient (Wildman–Crippen LogP) is 2.84. The van der Waals surface area contributed by atoms with Crippen LogP contribution in [0.25, 0.3) is 0 Å². The van der Waals surface area contributed by atoms with Crippen LogP contribution in [-0.2, 0) is 0 Å². The second-order valence-electron chi connectivity index (χ2n) is 4.09. The predicted molar refractivity (Wildman–Crippen MR) is 67.4 cm³/mol. The fraction of sp³-hybridized carbons (Fsp3) is 0.200. The van der Waals surface area contributed by atoms with Crippen molar-refractivity contribution in [2.45, 2.75) is 18.6 Å². The van der Waals surface area contributed by atoms with Crippen molar-refractivity contribution in [1.82, 2.24) is 0 Å². The minimum absolute atomic E-state index is 0.314. The highest BCUT2D eigenvalue weighted by molar-refractivity contribution is 5.20. The average molecular weight is 228 g/mol. The highest BCUT2D eigenvalue weighted by Gasteiger charge is 2.14. The van der Waals surface area contributed by atoms with Crippen LogP contribution in [0.4, 0.5) is 0 Å².